The molecule has 0 amide bonds. The smallest absolute Gasteiger partial charge is 0.238 e. The number of hydrogen-bond acceptors (Lipinski definition) is 3. The Morgan fingerprint density at radius 1 is 0.312 bits per heavy atom. The Labute approximate surface area is 372 Å². The fourth-order valence-corrected chi connectivity index (χ4v) is 9.77. The van der Waals surface area contributed by atoms with Gasteiger partial charge in [-0.25, -0.2) is 4.98 Å². The molecule has 0 saturated carbocycles. The highest BCUT2D eigenvalue weighted by Crippen LogP contribution is 2.51. The molecule has 0 saturated heterocycles. The van der Waals surface area contributed by atoms with Crippen molar-refractivity contribution in [3.8, 4) is 84.4 Å². The lowest BCUT2D eigenvalue weighted by molar-refractivity contribution is 0.661. The molecule has 0 radical (unpaired) electrons. The van der Waals surface area contributed by atoms with Crippen LogP contribution in [0.2, 0.25) is 0 Å². The minimum atomic E-state index is -0.186. The highest BCUT2D eigenvalue weighted by Gasteiger charge is 2.36. The zero-order chi connectivity index (χ0) is 42.8. The molecule has 9 aromatic carbocycles. The normalized spacial score (nSPS) is 12.7. The predicted octanol–water partition coefficient (Wildman–Crippen LogP) is 15.3. The zero-order valence-electron chi connectivity index (χ0n) is 35.6. The van der Waals surface area contributed by atoms with Gasteiger partial charge in [0.15, 0.2) is 11.6 Å². The maximum absolute atomic E-state index is 5.27. The molecule has 0 aliphatic heterocycles. The SMILES string of the molecule is CC1(C)c2ccccc2-c2cc3c4cc(-c5cccc(-c6cc(-c7ccccc7)cc(-c7ccccc7)c6)c5)ccc4n(-c4nc(-c5ccccc5)nc(-c5ccccc5)n4)c3cc21. The number of rotatable bonds is 7. The van der Waals surface area contributed by atoms with Gasteiger partial charge in [0.1, 0.15) is 0 Å². The summed E-state index contributed by atoms with van der Waals surface area (Å²) in [6.45, 7) is 4.67. The standard InChI is InChI=1S/C60H42N4/c1-60(2)53-29-16-15-28-49(53)50-37-52-51-36-45(43-26-17-27-44(32-43)48-34-46(39-18-7-3-8-19-39)33-47(35-48)40-20-9-4-10-21-40)30-31-55(51)64(56(52)38-54(50)60)59-62-57(41-22-11-5-12-23-41)61-58(63-59)42-24-13-6-14-25-42/h3-38H,1-2H3. The van der Waals surface area contributed by atoms with Crippen LogP contribution in [0.1, 0.15) is 25.0 Å². The van der Waals surface area contributed by atoms with Crippen LogP contribution in [0.15, 0.2) is 218 Å². The van der Waals surface area contributed by atoms with Gasteiger partial charge >= 0.3 is 0 Å². The van der Waals surface area contributed by atoms with Crippen LogP contribution < -0.4 is 0 Å². The molecule has 2 heterocycles. The molecule has 12 rings (SSSR count). The van der Waals surface area contributed by atoms with E-state index in [1.54, 1.807) is 0 Å². The molecule has 2 aromatic heterocycles. The van der Waals surface area contributed by atoms with E-state index in [-0.39, 0.29) is 5.41 Å². The second-order valence-corrected chi connectivity index (χ2v) is 17.3. The van der Waals surface area contributed by atoms with E-state index >= 15 is 0 Å². The Morgan fingerprint density at radius 3 is 1.36 bits per heavy atom. The van der Waals surface area contributed by atoms with E-state index in [4.69, 9.17) is 15.0 Å². The van der Waals surface area contributed by atoms with Gasteiger partial charge in [-0.15, -0.1) is 0 Å². The van der Waals surface area contributed by atoms with Gasteiger partial charge in [-0.1, -0.05) is 184 Å². The van der Waals surface area contributed by atoms with E-state index in [1.165, 1.54) is 55.6 Å². The van der Waals surface area contributed by atoms with Crippen molar-refractivity contribution < 1.29 is 0 Å². The second kappa shape index (κ2) is 15.0. The van der Waals surface area contributed by atoms with Crippen molar-refractivity contribution in [3.63, 3.8) is 0 Å². The van der Waals surface area contributed by atoms with Crippen LogP contribution in [-0.4, -0.2) is 19.5 Å². The first-order valence-electron chi connectivity index (χ1n) is 21.9. The molecule has 0 spiro atoms. The van der Waals surface area contributed by atoms with Gasteiger partial charge in [-0.2, -0.15) is 9.97 Å². The summed E-state index contributed by atoms with van der Waals surface area (Å²) in [6, 6.07) is 78.2. The van der Waals surface area contributed by atoms with Gasteiger partial charge in [-0.3, -0.25) is 4.57 Å². The molecule has 1 aliphatic rings. The molecule has 0 N–H and O–H groups in total. The van der Waals surface area contributed by atoms with Crippen molar-refractivity contribution in [1.29, 1.82) is 0 Å². The van der Waals surface area contributed by atoms with E-state index in [2.05, 4.69) is 200 Å². The molecule has 302 valence electrons. The number of benzene rings is 9. The average molecular weight is 819 g/mol. The lowest BCUT2D eigenvalue weighted by Gasteiger charge is -2.21. The molecule has 11 aromatic rings. The van der Waals surface area contributed by atoms with Crippen LogP contribution in [-0.2, 0) is 5.41 Å². The molecular weight excluding hydrogens is 777 g/mol. The highest BCUT2D eigenvalue weighted by atomic mass is 15.2. The Bertz CT molecular complexity index is 3440. The first-order valence-corrected chi connectivity index (χ1v) is 21.9. The van der Waals surface area contributed by atoms with Gasteiger partial charge in [0.25, 0.3) is 0 Å². The molecule has 4 heteroatoms. The van der Waals surface area contributed by atoms with Gasteiger partial charge in [0, 0.05) is 27.3 Å². The van der Waals surface area contributed by atoms with Crippen LogP contribution in [0.25, 0.3) is 106 Å². The van der Waals surface area contributed by atoms with Gasteiger partial charge in [-0.05, 0) is 115 Å². The lowest BCUT2D eigenvalue weighted by atomic mass is 9.82. The molecule has 0 fully saturated rings. The Balaban J connectivity index is 1.07. The second-order valence-electron chi connectivity index (χ2n) is 17.3. The minimum Gasteiger partial charge on any atom is -0.278 e. The van der Waals surface area contributed by atoms with Crippen molar-refractivity contribution in [2.45, 2.75) is 19.3 Å². The van der Waals surface area contributed by atoms with Crippen molar-refractivity contribution in [2.24, 2.45) is 0 Å². The van der Waals surface area contributed by atoms with Crippen LogP contribution in [0.3, 0.4) is 0 Å². The van der Waals surface area contributed by atoms with Crippen molar-refractivity contribution >= 4 is 21.8 Å². The molecule has 64 heavy (non-hydrogen) atoms. The lowest BCUT2D eigenvalue weighted by Crippen LogP contribution is -2.15. The third kappa shape index (κ3) is 6.34. The summed E-state index contributed by atoms with van der Waals surface area (Å²) in [5.41, 5.74) is 18.4. The first kappa shape index (κ1) is 37.5. The zero-order valence-corrected chi connectivity index (χ0v) is 35.6. The largest absolute Gasteiger partial charge is 0.278 e. The Morgan fingerprint density at radius 2 is 0.766 bits per heavy atom. The summed E-state index contributed by atoms with van der Waals surface area (Å²) in [4.78, 5) is 15.6. The fourth-order valence-electron chi connectivity index (χ4n) is 9.77. The molecule has 0 unspecified atom stereocenters. The van der Waals surface area contributed by atoms with Crippen molar-refractivity contribution in [2.75, 3.05) is 0 Å². The fraction of sp³-hybridized carbons (Fsp3) is 0.0500. The number of hydrogen-bond donors (Lipinski definition) is 0. The molecule has 0 bridgehead atoms. The summed E-state index contributed by atoms with van der Waals surface area (Å²) < 4.78 is 2.25. The number of aromatic nitrogens is 4. The maximum atomic E-state index is 5.27. The van der Waals surface area contributed by atoms with Crippen LogP contribution in [0.5, 0.6) is 0 Å². The van der Waals surface area contributed by atoms with Crippen LogP contribution in [0.4, 0.5) is 0 Å². The van der Waals surface area contributed by atoms with Gasteiger partial charge < -0.3 is 0 Å². The number of fused-ring (bicyclic) bond motifs is 6. The highest BCUT2D eigenvalue weighted by molar-refractivity contribution is 6.12. The molecule has 4 nitrogen and oxygen atoms in total. The quantitative estimate of drug-likeness (QED) is 0.161. The van der Waals surface area contributed by atoms with E-state index in [9.17, 15) is 0 Å². The van der Waals surface area contributed by atoms with Gasteiger partial charge in [0.05, 0.1) is 11.0 Å². The maximum Gasteiger partial charge on any atom is 0.238 e. The van der Waals surface area contributed by atoms with Gasteiger partial charge in [0.2, 0.25) is 5.95 Å². The summed E-state index contributed by atoms with van der Waals surface area (Å²) in [5.74, 6) is 1.85. The third-order valence-corrected chi connectivity index (χ3v) is 13.0. The predicted molar refractivity (Wildman–Crippen MR) is 264 cm³/mol. The number of nitrogens with zero attached hydrogens (tertiary/aromatic N) is 4. The third-order valence-electron chi connectivity index (χ3n) is 13.0. The summed E-state index contributed by atoms with van der Waals surface area (Å²) in [6.07, 6.45) is 0. The molecule has 0 atom stereocenters. The molecule has 1 aliphatic carbocycles. The first-order chi connectivity index (χ1) is 31.5. The topological polar surface area (TPSA) is 43.6 Å². The van der Waals surface area contributed by atoms with Crippen LogP contribution >= 0.6 is 0 Å². The monoisotopic (exact) mass is 818 g/mol. The Hall–Kier alpha value is -8.21. The summed E-state index contributed by atoms with van der Waals surface area (Å²) in [7, 11) is 0. The van der Waals surface area contributed by atoms with Crippen LogP contribution in [0, 0.1) is 0 Å². The van der Waals surface area contributed by atoms with Crippen molar-refractivity contribution in [1.82, 2.24) is 19.5 Å². The van der Waals surface area contributed by atoms with E-state index in [1.807, 2.05) is 36.4 Å². The minimum absolute atomic E-state index is 0.186. The van der Waals surface area contributed by atoms with E-state index in [0.29, 0.717) is 17.6 Å². The van der Waals surface area contributed by atoms with Crippen molar-refractivity contribution in [3.05, 3.63) is 230 Å². The summed E-state index contributed by atoms with van der Waals surface area (Å²) in [5, 5.41) is 2.30. The van der Waals surface area contributed by atoms with E-state index < -0.39 is 0 Å². The Kier molecular flexibility index (Phi) is 8.80. The average Bonchev–Trinajstić information content (AvgIpc) is 3.81. The van der Waals surface area contributed by atoms with E-state index in [0.717, 1.165) is 44.1 Å². The summed E-state index contributed by atoms with van der Waals surface area (Å²) >= 11 is 0. The molecular formula is C60H42N4.